The Morgan fingerprint density at radius 3 is 2.64 bits per heavy atom. The van der Waals surface area contributed by atoms with Crippen LogP contribution in [0.25, 0.3) is 0 Å². The molecular weight excluding hydrogens is 314 g/mol. The molecule has 2 fully saturated rings. The van der Waals surface area contributed by atoms with Crippen LogP contribution in [0.2, 0.25) is 0 Å². The van der Waals surface area contributed by atoms with E-state index in [0.29, 0.717) is 19.4 Å². The predicted octanol–water partition coefficient (Wildman–Crippen LogP) is 2.52. The van der Waals surface area contributed by atoms with Gasteiger partial charge in [0.05, 0.1) is 0 Å². The molecule has 0 aliphatic carbocycles. The molecule has 1 atom stereocenters. The fourth-order valence-corrected chi connectivity index (χ4v) is 3.85. The number of carbonyl (C=O) groups excluding carboxylic acids is 2. The Bertz CT molecular complexity index is 590. The molecule has 2 heterocycles. The van der Waals surface area contributed by atoms with Crippen molar-refractivity contribution in [2.75, 3.05) is 37.6 Å². The summed E-state index contributed by atoms with van der Waals surface area (Å²) in [5.41, 5.74) is 1.22. The second-order valence-corrected chi connectivity index (χ2v) is 7.16. The van der Waals surface area contributed by atoms with Crippen LogP contribution in [-0.4, -0.2) is 60.4 Å². The number of carbonyl (C=O) groups is 2. The average molecular weight is 343 g/mol. The molecule has 2 aliphatic rings. The highest BCUT2D eigenvalue weighted by molar-refractivity contribution is 5.79. The van der Waals surface area contributed by atoms with Crippen LogP contribution in [0, 0.1) is 0 Å². The standard InChI is InChI=1S/C20H29N3O2/c1-17-16-22(18-8-4-2-5-9-18)14-15-23(17)20(25)11-13-21-12-7-3-6-10-19(21)24/h2,4-5,8-9,17H,3,6-7,10-16H2,1H3/t17-/m0/s1. The lowest BCUT2D eigenvalue weighted by Gasteiger charge is -2.41. The highest BCUT2D eigenvalue weighted by Gasteiger charge is 2.28. The lowest BCUT2D eigenvalue weighted by molar-refractivity contribution is -0.135. The second-order valence-electron chi connectivity index (χ2n) is 7.16. The summed E-state index contributed by atoms with van der Waals surface area (Å²) in [6, 6.07) is 10.6. The molecule has 0 spiro atoms. The van der Waals surface area contributed by atoms with E-state index in [1.807, 2.05) is 15.9 Å². The van der Waals surface area contributed by atoms with Gasteiger partial charge in [-0.05, 0) is 31.9 Å². The summed E-state index contributed by atoms with van der Waals surface area (Å²) in [6.07, 6.45) is 4.25. The normalized spacial score (nSPS) is 22.0. The zero-order valence-electron chi connectivity index (χ0n) is 15.2. The molecule has 2 amide bonds. The van der Waals surface area contributed by atoms with E-state index >= 15 is 0 Å². The van der Waals surface area contributed by atoms with Gasteiger partial charge in [-0.25, -0.2) is 0 Å². The number of likely N-dealkylation sites (tertiary alicyclic amines) is 1. The summed E-state index contributed by atoms with van der Waals surface area (Å²) in [4.78, 5) is 30.9. The minimum absolute atomic E-state index is 0.178. The molecule has 0 bridgehead atoms. The van der Waals surface area contributed by atoms with E-state index in [4.69, 9.17) is 0 Å². The topological polar surface area (TPSA) is 43.9 Å². The molecule has 1 aromatic rings. The fraction of sp³-hybridized carbons (Fsp3) is 0.600. The van der Waals surface area contributed by atoms with Gasteiger partial charge >= 0.3 is 0 Å². The molecule has 25 heavy (non-hydrogen) atoms. The van der Waals surface area contributed by atoms with Crippen LogP contribution in [0.5, 0.6) is 0 Å². The van der Waals surface area contributed by atoms with E-state index in [0.717, 1.165) is 45.4 Å². The lowest BCUT2D eigenvalue weighted by atomic mass is 10.1. The van der Waals surface area contributed by atoms with Crippen LogP contribution in [0.15, 0.2) is 30.3 Å². The van der Waals surface area contributed by atoms with Crippen LogP contribution in [0.4, 0.5) is 5.69 Å². The van der Waals surface area contributed by atoms with Crippen molar-refractivity contribution in [1.29, 1.82) is 0 Å². The summed E-state index contributed by atoms with van der Waals surface area (Å²) in [7, 11) is 0. The maximum atomic E-state index is 12.7. The Morgan fingerprint density at radius 1 is 1.08 bits per heavy atom. The van der Waals surface area contributed by atoms with Crippen LogP contribution in [-0.2, 0) is 9.59 Å². The van der Waals surface area contributed by atoms with Crippen molar-refractivity contribution in [3.8, 4) is 0 Å². The monoisotopic (exact) mass is 343 g/mol. The molecule has 1 aromatic carbocycles. The molecule has 0 radical (unpaired) electrons. The molecule has 5 heteroatoms. The number of hydrogen-bond acceptors (Lipinski definition) is 3. The van der Waals surface area contributed by atoms with Crippen LogP contribution in [0.1, 0.15) is 39.0 Å². The van der Waals surface area contributed by atoms with Crippen LogP contribution < -0.4 is 4.90 Å². The lowest BCUT2D eigenvalue weighted by Crippen LogP contribution is -2.54. The summed E-state index contributed by atoms with van der Waals surface area (Å²) in [5, 5.41) is 0. The third-order valence-electron chi connectivity index (χ3n) is 5.34. The Balaban J connectivity index is 1.50. The Labute approximate surface area is 150 Å². The number of para-hydroxylation sites is 1. The van der Waals surface area contributed by atoms with Crippen molar-refractivity contribution >= 4 is 17.5 Å². The van der Waals surface area contributed by atoms with Crippen molar-refractivity contribution in [1.82, 2.24) is 9.80 Å². The van der Waals surface area contributed by atoms with Gasteiger partial charge in [-0.1, -0.05) is 24.6 Å². The molecular formula is C20H29N3O2. The number of piperazine rings is 1. The van der Waals surface area contributed by atoms with E-state index in [2.05, 4.69) is 36.1 Å². The van der Waals surface area contributed by atoms with Crippen molar-refractivity contribution in [3.05, 3.63) is 30.3 Å². The SMILES string of the molecule is C[C@H]1CN(c2ccccc2)CCN1C(=O)CCN1CCCCCC1=O. The smallest absolute Gasteiger partial charge is 0.224 e. The zero-order valence-corrected chi connectivity index (χ0v) is 15.2. The molecule has 2 saturated heterocycles. The predicted molar refractivity (Wildman–Crippen MR) is 99.5 cm³/mol. The molecule has 0 N–H and O–H groups in total. The number of nitrogens with zero attached hydrogens (tertiary/aromatic N) is 3. The molecule has 0 aromatic heterocycles. The minimum atomic E-state index is 0.178. The van der Waals surface area contributed by atoms with E-state index in [1.54, 1.807) is 0 Å². The summed E-state index contributed by atoms with van der Waals surface area (Å²) >= 11 is 0. The zero-order chi connectivity index (χ0) is 17.6. The first-order valence-corrected chi connectivity index (χ1v) is 9.52. The first-order chi connectivity index (χ1) is 12.1. The summed E-state index contributed by atoms with van der Waals surface area (Å²) in [6.45, 7) is 5.97. The van der Waals surface area contributed by atoms with Gasteiger partial charge in [0.15, 0.2) is 0 Å². The maximum absolute atomic E-state index is 12.7. The highest BCUT2D eigenvalue weighted by atomic mass is 16.2. The largest absolute Gasteiger partial charge is 0.368 e. The summed E-state index contributed by atoms with van der Waals surface area (Å²) in [5.74, 6) is 0.393. The van der Waals surface area contributed by atoms with Gasteiger partial charge in [-0.3, -0.25) is 9.59 Å². The van der Waals surface area contributed by atoms with Crippen molar-refractivity contribution in [2.45, 2.75) is 45.1 Å². The molecule has 0 unspecified atom stereocenters. The molecule has 136 valence electrons. The van der Waals surface area contributed by atoms with Crippen molar-refractivity contribution in [3.63, 3.8) is 0 Å². The fourth-order valence-electron chi connectivity index (χ4n) is 3.85. The van der Waals surface area contributed by atoms with Gasteiger partial charge in [-0.2, -0.15) is 0 Å². The number of benzene rings is 1. The number of amides is 2. The van der Waals surface area contributed by atoms with Crippen molar-refractivity contribution < 1.29 is 9.59 Å². The second kappa shape index (κ2) is 8.37. The Hall–Kier alpha value is -2.04. The first-order valence-electron chi connectivity index (χ1n) is 9.52. The third kappa shape index (κ3) is 4.53. The summed E-state index contributed by atoms with van der Waals surface area (Å²) < 4.78 is 0. The van der Waals surface area contributed by atoms with Gasteiger partial charge < -0.3 is 14.7 Å². The van der Waals surface area contributed by atoms with Crippen LogP contribution >= 0.6 is 0 Å². The van der Waals surface area contributed by atoms with Crippen LogP contribution in [0.3, 0.4) is 0 Å². The Morgan fingerprint density at radius 2 is 1.88 bits per heavy atom. The van der Waals surface area contributed by atoms with E-state index in [1.165, 1.54) is 5.69 Å². The quantitative estimate of drug-likeness (QED) is 0.844. The molecule has 0 saturated carbocycles. The van der Waals surface area contributed by atoms with Gasteiger partial charge in [0.2, 0.25) is 11.8 Å². The van der Waals surface area contributed by atoms with E-state index in [9.17, 15) is 9.59 Å². The van der Waals surface area contributed by atoms with Gasteiger partial charge in [0.25, 0.3) is 0 Å². The average Bonchev–Trinajstić information content (AvgIpc) is 2.84. The van der Waals surface area contributed by atoms with Gasteiger partial charge in [0.1, 0.15) is 0 Å². The van der Waals surface area contributed by atoms with E-state index in [-0.39, 0.29) is 17.9 Å². The van der Waals surface area contributed by atoms with Gasteiger partial charge in [-0.15, -0.1) is 0 Å². The number of rotatable bonds is 4. The number of anilines is 1. The Kier molecular flexibility index (Phi) is 5.95. The molecule has 2 aliphatic heterocycles. The highest BCUT2D eigenvalue weighted by Crippen LogP contribution is 2.19. The first kappa shape index (κ1) is 17.8. The molecule has 5 nitrogen and oxygen atoms in total. The van der Waals surface area contributed by atoms with E-state index < -0.39 is 0 Å². The van der Waals surface area contributed by atoms with Gasteiger partial charge in [0, 0.05) is 57.3 Å². The third-order valence-corrected chi connectivity index (χ3v) is 5.34. The maximum Gasteiger partial charge on any atom is 0.224 e. The molecule has 3 rings (SSSR count). The minimum Gasteiger partial charge on any atom is -0.368 e. The number of hydrogen-bond donors (Lipinski definition) is 0. The van der Waals surface area contributed by atoms with Crippen molar-refractivity contribution in [2.24, 2.45) is 0 Å².